The maximum Gasteiger partial charge on any atom is 0.118 e. The molecule has 3 nitrogen and oxygen atoms in total. The molecule has 0 heterocycles. The van der Waals surface area contributed by atoms with Gasteiger partial charge in [0, 0.05) is 18.6 Å². The third-order valence-electron chi connectivity index (χ3n) is 4.09. The van der Waals surface area contributed by atoms with Crippen LogP contribution in [-0.4, -0.2) is 38.2 Å². The maximum atomic E-state index is 5.25. The molecule has 0 amide bonds. The van der Waals surface area contributed by atoms with Crippen LogP contribution in [-0.2, 0) is 0 Å². The molecule has 21 heavy (non-hydrogen) atoms. The molecular weight excluding hydrogens is 260 g/mol. The molecule has 0 aliphatic heterocycles. The minimum Gasteiger partial charge on any atom is -0.497 e. The van der Waals surface area contributed by atoms with Gasteiger partial charge in [0.1, 0.15) is 5.75 Å². The predicted octanol–water partition coefficient (Wildman–Crippen LogP) is 3.86. The lowest BCUT2D eigenvalue weighted by Crippen LogP contribution is -2.38. The molecule has 0 radical (unpaired) electrons. The Bertz CT molecular complexity index is 377. The third kappa shape index (κ3) is 6.06. The van der Waals surface area contributed by atoms with Crippen molar-refractivity contribution in [1.82, 2.24) is 10.2 Å². The molecule has 0 spiro atoms. The van der Waals surface area contributed by atoms with Crippen molar-refractivity contribution in [2.24, 2.45) is 0 Å². The molecule has 1 aromatic carbocycles. The molecule has 1 N–H and O–H groups in total. The number of hydrogen-bond donors (Lipinski definition) is 1. The molecule has 0 aliphatic carbocycles. The van der Waals surface area contributed by atoms with E-state index in [-0.39, 0.29) is 0 Å². The lowest BCUT2D eigenvalue weighted by Gasteiger charge is -2.30. The number of benzene rings is 1. The average molecular weight is 292 g/mol. The van der Waals surface area contributed by atoms with E-state index in [4.69, 9.17) is 4.74 Å². The van der Waals surface area contributed by atoms with Gasteiger partial charge >= 0.3 is 0 Å². The SMILES string of the molecule is CCCNC(CN(C)C(C)CCC)c1ccc(OC)cc1. The first-order valence-electron chi connectivity index (χ1n) is 8.19. The molecule has 0 bridgehead atoms. The van der Waals surface area contributed by atoms with Gasteiger partial charge in [-0.3, -0.25) is 0 Å². The number of nitrogens with one attached hydrogen (secondary N) is 1. The van der Waals surface area contributed by atoms with Crippen LogP contribution in [0, 0.1) is 0 Å². The molecule has 0 saturated heterocycles. The zero-order chi connectivity index (χ0) is 15.7. The molecule has 2 atom stereocenters. The largest absolute Gasteiger partial charge is 0.497 e. The Morgan fingerprint density at radius 3 is 2.33 bits per heavy atom. The molecule has 0 aliphatic rings. The van der Waals surface area contributed by atoms with Crippen molar-refractivity contribution in [3.05, 3.63) is 29.8 Å². The number of rotatable bonds is 10. The molecule has 120 valence electrons. The van der Waals surface area contributed by atoms with Gasteiger partial charge in [-0.05, 0) is 51.1 Å². The normalized spacial score (nSPS) is 14.2. The van der Waals surface area contributed by atoms with Crippen molar-refractivity contribution in [3.63, 3.8) is 0 Å². The second-order valence-corrected chi connectivity index (χ2v) is 5.86. The van der Waals surface area contributed by atoms with E-state index >= 15 is 0 Å². The fourth-order valence-electron chi connectivity index (χ4n) is 2.55. The summed E-state index contributed by atoms with van der Waals surface area (Å²) < 4.78 is 5.25. The lowest BCUT2D eigenvalue weighted by molar-refractivity contribution is 0.218. The van der Waals surface area contributed by atoms with Crippen LogP contribution in [0.5, 0.6) is 5.75 Å². The third-order valence-corrected chi connectivity index (χ3v) is 4.09. The number of methoxy groups -OCH3 is 1. The first-order valence-corrected chi connectivity index (χ1v) is 8.19. The quantitative estimate of drug-likeness (QED) is 0.709. The van der Waals surface area contributed by atoms with E-state index in [0.29, 0.717) is 12.1 Å². The summed E-state index contributed by atoms with van der Waals surface area (Å²) in [5, 5.41) is 3.67. The molecule has 0 fully saturated rings. The van der Waals surface area contributed by atoms with Crippen LogP contribution in [0.1, 0.15) is 51.6 Å². The molecule has 2 unspecified atom stereocenters. The van der Waals surface area contributed by atoms with E-state index in [0.717, 1.165) is 25.3 Å². The lowest BCUT2D eigenvalue weighted by atomic mass is 10.0. The van der Waals surface area contributed by atoms with Gasteiger partial charge in [0.15, 0.2) is 0 Å². The van der Waals surface area contributed by atoms with Crippen molar-refractivity contribution in [2.75, 3.05) is 27.2 Å². The summed E-state index contributed by atoms with van der Waals surface area (Å²) in [5.41, 5.74) is 1.33. The second-order valence-electron chi connectivity index (χ2n) is 5.86. The molecular formula is C18H32N2O. The zero-order valence-corrected chi connectivity index (χ0v) is 14.4. The highest BCUT2D eigenvalue weighted by atomic mass is 16.5. The Hall–Kier alpha value is -1.06. The summed E-state index contributed by atoms with van der Waals surface area (Å²) in [6.07, 6.45) is 3.64. The minimum absolute atomic E-state index is 0.375. The highest BCUT2D eigenvalue weighted by molar-refractivity contribution is 5.29. The molecule has 0 saturated carbocycles. The van der Waals surface area contributed by atoms with Crippen LogP contribution in [0.25, 0.3) is 0 Å². The van der Waals surface area contributed by atoms with Crippen molar-refractivity contribution in [3.8, 4) is 5.75 Å². The Morgan fingerprint density at radius 2 is 1.81 bits per heavy atom. The van der Waals surface area contributed by atoms with Gasteiger partial charge in [-0.2, -0.15) is 0 Å². The summed E-state index contributed by atoms with van der Waals surface area (Å²) in [6.45, 7) is 8.86. The minimum atomic E-state index is 0.375. The van der Waals surface area contributed by atoms with E-state index in [9.17, 15) is 0 Å². The number of likely N-dealkylation sites (N-methyl/N-ethyl adjacent to an activating group) is 1. The van der Waals surface area contributed by atoms with Crippen molar-refractivity contribution >= 4 is 0 Å². The standard InChI is InChI=1S/C18H32N2O/c1-6-8-15(3)20(4)14-18(19-13-7-2)16-9-11-17(21-5)12-10-16/h9-12,15,18-19H,6-8,13-14H2,1-5H3. The molecule has 1 rings (SSSR count). The van der Waals surface area contributed by atoms with Crippen molar-refractivity contribution in [2.45, 2.75) is 52.1 Å². The van der Waals surface area contributed by atoms with E-state index in [1.165, 1.54) is 18.4 Å². The Labute approximate surface area is 130 Å². The first kappa shape index (κ1) is 18.0. The highest BCUT2D eigenvalue weighted by Crippen LogP contribution is 2.19. The Kier molecular flexibility index (Phi) is 8.40. The monoisotopic (exact) mass is 292 g/mol. The van der Waals surface area contributed by atoms with Gasteiger partial charge in [-0.15, -0.1) is 0 Å². The topological polar surface area (TPSA) is 24.5 Å². The number of nitrogens with zero attached hydrogens (tertiary/aromatic N) is 1. The summed E-state index contributed by atoms with van der Waals surface area (Å²) in [5.74, 6) is 0.917. The van der Waals surface area contributed by atoms with Crippen LogP contribution in [0.4, 0.5) is 0 Å². The van der Waals surface area contributed by atoms with Gasteiger partial charge in [-0.25, -0.2) is 0 Å². The van der Waals surface area contributed by atoms with Crippen LogP contribution in [0.2, 0.25) is 0 Å². The Balaban J connectivity index is 2.73. The van der Waals surface area contributed by atoms with Crippen LogP contribution in [0.15, 0.2) is 24.3 Å². The molecule has 3 heteroatoms. The van der Waals surface area contributed by atoms with E-state index in [2.05, 4.69) is 50.2 Å². The van der Waals surface area contributed by atoms with Crippen LogP contribution in [0.3, 0.4) is 0 Å². The van der Waals surface area contributed by atoms with Gasteiger partial charge in [-0.1, -0.05) is 32.4 Å². The highest BCUT2D eigenvalue weighted by Gasteiger charge is 2.16. The maximum absolute atomic E-state index is 5.25. The summed E-state index contributed by atoms with van der Waals surface area (Å²) in [7, 11) is 3.94. The van der Waals surface area contributed by atoms with Crippen LogP contribution >= 0.6 is 0 Å². The van der Waals surface area contributed by atoms with Gasteiger partial charge in [0.25, 0.3) is 0 Å². The van der Waals surface area contributed by atoms with Crippen LogP contribution < -0.4 is 10.1 Å². The number of ether oxygens (including phenoxy) is 1. The van der Waals surface area contributed by atoms with E-state index < -0.39 is 0 Å². The predicted molar refractivity (Wildman–Crippen MR) is 91.0 cm³/mol. The summed E-state index contributed by atoms with van der Waals surface area (Å²) in [6, 6.07) is 9.44. The number of hydrogen-bond acceptors (Lipinski definition) is 3. The second kappa shape index (κ2) is 9.80. The summed E-state index contributed by atoms with van der Waals surface area (Å²) >= 11 is 0. The Morgan fingerprint density at radius 1 is 1.14 bits per heavy atom. The van der Waals surface area contributed by atoms with Gasteiger partial charge in [0.05, 0.1) is 7.11 Å². The van der Waals surface area contributed by atoms with E-state index in [1.807, 2.05) is 12.1 Å². The van der Waals surface area contributed by atoms with Crippen molar-refractivity contribution in [1.29, 1.82) is 0 Å². The average Bonchev–Trinajstić information content (AvgIpc) is 2.51. The fraction of sp³-hybridized carbons (Fsp3) is 0.667. The van der Waals surface area contributed by atoms with Gasteiger partial charge in [0.2, 0.25) is 0 Å². The fourth-order valence-corrected chi connectivity index (χ4v) is 2.55. The first-order chi connectivity index (χ1) is 10.1. The smallest absolute Gasteiger partial charge is 0.118 e. The molecule has 0 aromatic heterocycles. The molecule has 1 aromatic rings. The summed E-state index contributed by atoms with van der Waals surface area (Å²) in [4.78, 5) is 2.46. The van der Waals surface area contributed by atoms with Gasteiger partial charge < -0.3 is 15.0 Å². The zero-order valence-electron chi connectivity index (χ0n) is 14.4. The van der Waals surface area contributed by atoms with Crippen molar-refractivity contribution < 1.29 is 4.74 Å². The van der Waals surface area contributed by atoms with E-state index in [1.54, 1.807) is 7.11 Å².